The third kappa shape index (κ3) is 3.05. The highest BCUT2D eigenvalue weighted by molar-refractivity contribution is 6.30. The summed E-state index contributed by atoms with van der Waals surface area (Å²) in [4.78, 5) is 10.6. The molecule has 0 amide bonds. The van der Waals surface area contributed by atoms with Crippen molar-refractivity contribution in [2.24, 2.45) is 5.92 Å². The molecule has 2 aliphatic rings. The fourth-order valence-corrected chi connectivity index (χ4v) is 3.15. The lowest BCUT2D eigenvalue weighted by molar-refractivity contribution is -0.0134. The number of aromatic amines is 1. The van der Waals surface area contributed by atoms with Crippen LogP contribution in [0, 0.1) is 5.92 Å². The monoisotopic (exact) mass is 317 g/mol. The molecule has 1 saturated heterocycles. The van der Waals surface area contributed by atoms with Gasteiger partial charge in [0.05, 0.1) is 31.1 Å². The maximum absolute atomic E-state index is 5.95. The van der Waals surface area contributed by atoms with Crippen molar-refractivity contribution in [2.45, 2.75) is 18.9 Å². The third-order valence-corrected chi connectivity index (χ3v) is 4.75. The second-order valence-corrected chi connectivity index (χ2v) is 6.65. The van der Waals surface area contributed by atoms with Crippen LogP contribution in [0.1, 0.15) is 24.7 Å². The second-order valence-electron chi connectivity index (χ2n) is 6.22. The Morgan fingerprint density at radius 2 is 2.09 bits per heavy atom. The molecule has 1 unspecified atom stereocenters. The van der Waals surface area contributed by atoms with E-state index in [1.54, 1.807) is 0 Å². The van der Waals surface area contributed by atoms with Gasteiger partial charge in [0.1, 0.15) is 5.82 Å². The number of ether oxygens (including phenoxy) is 1. The van der Waals surface area contributed by atoms with Gasteiger partial charge in [0, 0.05) is 18.1 Å². The van der Waals surface area contributed by atoms with Gasteiger partial charge in [-0.05, 0) is 36.5 Å². The van der Waals surface area contributed by atoms with Crippen molar-refractivity contribution in [3.8, 4) is 11.3 Å². The Morgan fingerprint density at radius 3 is 2.86 bits per heavy atom. The maximum Gasteiger partial charge on any atom is 0.126 e. The highest BCUT2D eigenvalue weighted by Gasteiger charge is 2.32. The molecule has 116 valence electrons. The highest BCUT2D eigenvalue weighted by Crippen LogP contribution is 2.33. The lowest BCUT2D eigenvalue weighted by Crippen LogP contribution is -2.41. The molecule has 1 N–H and O–H groups in total. The van der Waals surface area contributed by atoms with Crippen LogP contribution in [-0.4, -0.2) is 41.2 Å². The Morgan fingerprint density at radius 1 is 1.27 bits per heavy atom. The Bertz CT molecular complexity index is 636. The number of morpholine rings is 1. The van der Waals surface area contributed by atoms with E-state index >= 15 is 0 Å². The molecule has 0 spiro atoms. The first-order chi connectivity index (χ1) is 10.8. The fraction of sp³-hybridized carbons (Fsp3) is 0.471. The number of nitrogens with zero attached hydrogens (tertiary/aromatic N) is 2. The highest BCUT2D eigenvalue weighted by atomic mass is 35.5. The van der Waals surface area contributed by atoms with Crippen molar-refractivity contribution in [3.63, 3.8) is 0 Å². The van der Waals surface area contributed by atoms with Gasteiger partial charge in [-0.3, -0.25) is 4.90 Å². The van der Waals surface area contributed by atoms with Crippen LogP contribution in [0.3, 0.4) is 0 Å². The first kappa shape index (κ1) is 14.2. The molecule has 1 atom stereocenters. The summed E-state index contributed by atoms with van der Waals surface area (Å²) in [5, 5.41) is 0.750. The van der Waals surface area contributed by atoms with Crippen molar-refractivity contribution in [1.29, 1.82) is 0 Å². The number of hydrogen-bond acceptors (Lipinski definition) is 3. The molecule has 4 nitrogen and oxygen atoms in total. The first-order valence-corrected chi connectivity index (χ1v) is 8.30. The van der Waals surface area contributed by atoms with E-state index < -0.39 is 0 Å². The maximum atomic E-state index is 5.95. The quantitative estimate of drug-likeness (QED) is 0.938. The third-order valence-electron chi connectivity index (χ3n) is 4.50. The lowest BCUT2D eigenvalue weighted by Gasteiger charge is -2.34. The van der Waals surface area contributed by atoms with Gasteiger partial charge in [-0.25, -0.2) is 4.98 Å². The van der Waals surface area contributed by atoms with E-state index in [0.29, 0.717) is 0 Å². The van der Waals surface area contributed by atoms with Crippen LogP contribution in [0.4, 0.5) is 0 Å². The van der Waals surface area contributed by atoms with Crippen LogP contribution in [0.15, 0.2) is 30.5 Å². The van der Waals surface area contributed by atoms with Crippen LogP contribution in [0.2, 0.25) is 5.02 Å². The largest absolute Gasteiger partial charge is 0.378 e. The molecule has 1 aliphatic carbocycles. The number of benzene rings is 1. The Labute approximate surface area is 135 Å². The molecule has 2 aromatic rings. The van der Waals surface area contributed by atoms with Crippen molar-refractivity contribution < 1.29 is 4.74 Å². The summed E-state index contributed by atoms with van der Waals surface area (Å²) in [5.41, 5.74) is 2.14. The predicted octanol–water partition coefficient (Wildman–Crippen LogP) is 3.51. The average Bonchev–Trinajstić information content (AvgIpc) is 3.22. The summed E-state index contributed by atoms with van der Waals surface area (Å²) in [6.07, 6.45) is 4.65. The van der Waals surface area contributed by atoms with Gasteiger partial charge in [0.15, 0.2) is 0 Å². The van der Waals surface area contributed by atoms with Crippen molar-refractivity contribution in [2.75, 3.05) is 26.3 Å². The molecule has 1 aliphatic heterocycles. The minimum absolute atomic E-state index is 0.246. The van der Waals surface area contributed by atoms with Gasteiger partial charge in [-0.1, -0.05) is 23.7 Å². The first-order valence-electron chi connectivity index (χ1n) is 7.92. The van der Waals surface area contributed by atoms with Gasteiger partial charge < -0.3 is 9.72 Å². The number of rotatable bonds is 4. The van der Waals surface area contributed by atoms with E-state index in [0.717, 1.165) is 47.8 Å². The van der Waals surface area contributed by atoms with Crippen molar-refractivity contribution in [1.82, 2.24) is 14.9 Å². The molecule has 0 radical (unpaired) electrons. The smallest absolute Gasteiger partial charge is 0.126 e. The second kappa shape index (κ2) is 6.03. The molecule has 5 heteroatoms. The summed E-state index contributed by atoms with van der Waals surface area (Å²) in [7, 11) is 0. The predicted molar refractivity (Wildman–Crippen MR) is 86.9 cm³/mol. The van der Waals surface area contributed by atoms with E-state index in [2.05, 4.69) is 14.9 Å². The number of imidazole rings is 1. The molecule has 22 heavy (non-hydrogen) atoms. The van der Waals surface area contributed by atoms with E-state index in [1.807, 2.05) is 30.5 Å². The number of H-pyrrole nitrogens is 1. The molecule has 1 saturated carbocycles. The summed E-state index contributed by atoms with van der Waals surface area (Å²) in [5.74, 6) is 1.89. The molecular weight excluding hydrogens is 298 g/mol. The topological polar surface area (TPSA) is 41.1 Å². The van der Waals surface area contributed by atoms with E-state index in [-0.39, 0.29) is 6.04 Å². The zero-order valence-corrected chi connectivity index (χ0v) is 13.2. The summed E-state index contributed by atoms with van der Waals surface area (Å²) in [6.45, 7) is 3.72. The molecular formula is C17H20ClN3O. The molecule has 1 aromatic heterocycles. The lowest BCUT2D eigenvalue weighted by atomic mass is 10.2. The Kier molecular flexibility index (Phi) is 3.90. The standard InChI is InChI=1S/C17H20ClN3O/c18-14-5-3-13(4-6-14)15-9-19-17(20-15)16-11-22-8-7-21(16)10-12-1-2-12/h3-6,9,12,16H,1-2,7-8,10-11H2,(H,19,20). The minimum atomic E-state index is 0.246. The SMILES string of the molecule is Clc1ccc(-c2cnc(C3COCCN3CC3CC3)[nH]2)cc1. The zero-order chi connectivity index (χ0) is 14.9. The number of halogens is 1. The molecule has 0 bridgehead atoms. The molecule has 1 aromatic carbocycles. The molecule has 4 rings (SSSR count). The number of nitrogens with one attached hydrogen (secondary N) is 1. The van der Waals surface area contributed by atoms with Crippen LogP contribution >= 0.6 is 11.6 Å². The van der Waals surface area contributed by atoms with E-state index in [4.69, 9.17) is 16.3 Å². The Hall–Kier alpha value is -1.36. The van der Waals surface area contributed by atoms with Gasteiger partial charge in [0.2, 0.25) is 0 Å². The van der Waals surface area contributed by atoms with E-state index in [9.17, 15) is 0 Å². The summed E-state index contributed by atoms with van der Waals surface area (Å²) >= 11 is 5.95. The Balaban J connectivity index is 1.54. The fourth-order valence-electron chi connectivity index (χ4n) is 3.02. The minimum Gasteiger partial charge on any atom is -0.378 e. The summed E-state index contributed by atoms with van der Waals surface area (Å²) in [6, 6.07) is 8.08. The number of hydrogen-bond donors (Lipinski definition) is 1. The van der Waals surface area contributed by atoms with Crippen LogP contribution < -0.4 is 0 Å². The zero-order valence-electron chi connectivity index (χ0n) is 12.5. The van der Waals surface area contributed by atoms with Gasteiger partial charge in [-0.15, -0.1) is 0 Å². The normalized spacial score (nSPS) is 22.9. The van der Waals surface area contributed by atoms with Crippen LogP contribution in [0.25, 0.3) is 11.3 Å². The average molecular weight is 318 g/mol. The molecule has 2 fully saturated rings. The van der Waals surface area contributed by atoms with Crippen LogP contribution in [-0.2, 0) is 4.74 Å². The van der Waals surface area contributed by atoms with Crippen LogP contribution in [0.5, 0.6) is 0 Å². The van der Waals surface area contributed by atoms with E-state index in [1.165, 1.54) is 19.4 Å². The number of aromatic nitrogens is 2. The van der Waals surface area contributed by atoms with Crippen molar-refractivity contribution >= 4 is 11.6 Å². The van der Waals surface area contributed by atoms with Gasteiger partial charge in [-0.2, -0.15) is 0 Å². The van der Waals surface area contributed by atoms with Gasteiger partial charge >= 0.3 is 0 Å². The summed E-state index contributed by atoms with van der Waals surface area (Å²) < 4.78 is 5.68. The van der Waals surface area contributed by atoms with Crippen molar-refractivity contribution in [3.05, 3.63) is 41.3 Å². The van der Waals surface area contributed by atoms with Gasteiger partial charge in [0.25, 0.3) is 0 Å². The molecule has 2 heterocycles.